The molecule has 24 heavy (non-hydrogen) atoms. The summed E-state index contributed by atoms with van der Waals surface area (Å²) < 4.78 is 14.6. The van der Waals surface area contributed by atoms with Gasteiger partial charge in [-0.3, -0.25) is 14.7 Å². The average Bonchev–Trinajstić information content (AvgIpc) is 3.01. The van der Waals surface area contributed by atoms with E-state index in [0.29, 0.717) is 22.9 Å². The second-order valence-corrected chi connectivity index (χ2v) is 6.44. The predicted molar refractivity (Wildman–Crippen MR) is 91.8 cm³/mol. The van der Waals surface area contributed by atoms with Crippen LogP contribution in [0.3, 0.4) is 0 Å². The minimum absolute atomic E-state index is 0.232. The topological polar surface area (TPSA) is 62.2 Å². The molecule has 0 aliphatic heterocycles. The van der Waals surface area contributed by atoms with Gasteiger partial charge in [0.1, 0.15) is 17.0 Å². The Balaban J connectivity index is 1.99. The van der Waals surface area contributed by atoms with Gasteiger partial charge in [0, 0.05) is 25.5 Å². The first kappa shape index (κ1) is 16.4. The molecule has 1 amide bonds. The quantitative estimate of drug-likeness (QED) is 0.711. The van der Waals surface area contributed by atoms with Crippen molar-refractivity contribution in [2.24, 2.45) is 0 Å². The highest BCUT2D eigenvalue weighted by molar-refractivity contribution is 7.22. The summed E-state index contributed by atoms with van der Waals surface area (Å²) in [6.45, 7) is 1.06. The van der Waals surface area contributed by atoms with E-state index in [9.17, 15) is 9.18 Å². The van der Waals surface area contributed by atoms with Gasteiger partial charge in [0.2, 0.25) is 0 Å². The van der Waals surface area contributed by atoms with Crippen LogP contribution < -0.4 is 4.90 Å². The van der Waals surface area contributed by atoms with Crippen LogP contribution in [0.25, 0.3) is 10.2 Å². The van der Waals surface area contributed by atoms with Gasteiger partial charge in [-0.05, 0) is 26.2 Å². The second-order valence-electron chi connectivity index (χ2n) is 5.43. The zero-order valence-corrected chi connectivity index (χ0v) is 14.1. The van der Waals surface area contributed by atoms with Crippen molar-refractivity contribution in [3.8, 4) is 0 Å². The fourth-order valence-corrected chi connectivity index (χ4v) is 3.15. The van der Waals surface area contributed by atoms with E-state index in [2.05, 4.69) is 15.0 Å². The summed E-state index contributed by atoms with van der Waals surface area (Å²) in [5, 5.41) is 0.451. The van der Waals surface area contributed by atoms with E-state index in [1.54, 1.807) is 12.1 Å². The summed E-state index contributed by atoms with van der Waals surface area (Å²) in [4.78, 5) is 28.6. The fourth-order valence-electron chi connectivity index (χ4n) is 2.15. The maximum atomic E-state index is 13.9. The van der Waals surface area contributed by atoms with Crippen LogP contribution in [0.15, 0.2) is 36.8 Å². The van der Waals surface area contributed by atoms with Crippen molar-refractivity contribution < 1.29 is 9.18 Å². The first-order valence-corrected chi connectivity index (χ1v) is 8.15. The van der Waals surface area contributed by atoms with Crippen LogP contribution in [0, 0.1) is 5.82 Å². The van der Waals surface area contributed by atoms with E-state index in [0.717, 1.165) is 0 Å². The molecule has 0 aliphatic carbocycles. The monoisotopic (exact) mass is 345 g/mol. The highest BCUT2D eigenvalue weighted by Gasteiger charge is 2.23. The molecule has 0 unspecified atom stereocenters. The molecule has 2 aromatic heterocycles. The van der Waals surface area contributed by atoms with Crippen LogP contribution >= 0.6 is 11.3 Å². The SMILES string of the molecule is CN(C)CCN(C(=O)c1cnccn1)c1nc2c(F)cccc2s1. The van der Waals surface area contributed by atoms with Crippen LogP contribution in [-0.4, -0.2) is 52.9 Å². The van der Waals surface area contributed by atoms with E-state index in [1.165, 1.54) is 40.9 Å². The molecule has 0 aliphatic rings. The van der Waals surface area contributed by atoms with Crippen molar-refractivity contribution >= 4 is 32.6 Å². The number of benzene rings is 1. The number of para-hydroxylation sites is 1. The number of likely N-dealkylation sites (N-methyl/N-ethyl adjacent to an activating group) is 1. The number of aromatic nitrogens is 3. The minimum Gasteiger partial charge on any atom is -0.308 e. The molecule has 3 aromatic rings. The molecule has 124 valence electrons. The summed E-state index contributed by atoms with van der Waals surface area (Å²) in [5.41, 5.74) is 0.510. The van der Waals surface area contributed by atoms with Gasteiger partial charge in [-0.1, -0.05) is 17.4 Å². The minimum atomic E-state index is -0.394. The number of carbonyl (C=O) groups is 1. The van der Waals surface area contributed by atoms with Gasteiger partial charge >= 0.3 is 0 Å². The fraction of sp³-hybridized carbons (Fsp3) is 0.250. The Bertz CT molecular complexity index is 852. The Morgan fingerprint density at radius 3 is 2.75 bits per heavy atom. The highest BCUT2D eigenvalue weighted by atomic mass is 32.1. The van der Waals surface area contributed by atoms with Crippen LogP contribution in [0.2, 0.25) is 0 Å². The largest absolute Gasteiger partial charge is 0.308 e. The van der Waals surface area contributed by atoms with Crippen molar-refractivity contribution in [3.05, 3.63) is 48.3 Å². The van der Waals surface area contributed by atoms with Gasteiger partial charge in [-0.25, -0.2) is 14.4 Å². The van der Waals surface area contributed by atoms with Crippen molar-refractivity contribution in [3.63, 3.8) is 0 Å². The third kappa shape index (κ3) is 3.39. The van der Waals surface area contributed by atoms with E-state index in [4.69, 9.17) is 0 Å². The van der Waals surface area contributed by atoms with Gasteiger partial charge in [0.15, 0.2) is 5.13 Å². The van der Waals surface area contributed by atoms with E-state index < -0.39 is 5.82 Å². The first-order valence-electron chi connectivity index (χ1n) is 7.34. The molecule has 0 bridgehead atoms. The first-order chi connectivity index (χ1) is 11.6. The number of nitrogens with zero attached hydrogens (tertiary/aromatic N) is 5. The molecule has 0 radical (unpaired) electrons. The van der Waals surface area contributed by atoms with Crippen molar-refractivity contribution in [1.82, 2.24) is 19.9 Å². The molecule has 6 nitrogen and oxygen atoms in total. The molecule has 0 N–H and O–H groups in total. The number of thiazole rings is 1. The molecular weight excluding hydrogens is 329 g/mol. The molecule has 0 saturated heterocycles. The molecule has 8 heteroatoms. The van der Waals surface area contributed by atoms with Gasteiger partial charge in [-0.15, -0.1) is 0 Å². The third-order valence-corrected chi connectivity index (χ3v) is 4.43. The summed E-state index contributed by atoms with van der Waals surface area (Å²) in [6.07, 6.45) is 4.39. The number of amides is 1. The summed E-state index contributed by atoms with van der Waals surface area (Å²) in [6, 6.07) is 4.78. The number of fused-ring (bicyclic) bond motifs is 1. The molecule has 0 fully saturated rings. The average molecular weight is 345 g/mol. The third-order valence-electron chi connectivity index (χ3n) is 3.39. The van der Waals surface area contributed by atoms with Crippen molar-refractivity contribution in [1.29, 1.82) is 0 Å². The molecular formula is C16H16FN5OS. The van der Waals surface area contributed by atoms with Crippen molar-refractivity contribution in [2.75, 3.05) is 32.1 Å². The highest BCUT2D eigenvalue weighted by Crippen LogP contribution is 2.30. The number of halogens is 1. The normalized spacial score (nSPS) is 11.2. The lowest BCUT2D eigenvalue weighted by molar-refractivity contribution is 0.0980. The van der Waals surface area contributed by atoms with Gasteiger partial charge in [-0.2, -0.15) is 0 Å². The Morgan fingerprint density at radius 2 is 2.08 bits per heavy atom. The van der Waals surface area contributed by atoms with Crippen LogP contribution in [0.5, 0.6) is 0 Å². The summed E-state index contributed by atoms with van der Waals surface area (Å²) in [5.74, 6) is -0.695. The van der Waals surface area contributed by atoms with E-state index >= 15 is 0 Å². The Hall–Kier alpha value is -2.45. The lowest BCUT2D eigenvalue weighted by Gasteiger charge is -2.21. The number of anilines is 1. The molecule has 0 spiro atoms. The molecule has 0 atom stereocenters. The molecule has 1 aromatic carbocycles. The zero-order chi connectivity index (χ0) is 17.1. The number of hydrogen-bond donors (Lipinski definition) is 0. The lowest BCUT2D eigenvalue weighted by atomic mass is 10.3. The lowest BCUT2D eigenvalue weighted by Crippen LogP contribution is -2.37. The Kier molecular flexibility index (Phi) is 4.77. The second kappa shape index (κ2) is 6.98. The number of carbonyl (C=O) groups excluding carboxylic acids is 1. The standard InChI is InChI=1S/C16H16FN5OS/c1-21(2)8-9-22(15(23)12-10-18-6-7-19-12)16-20-14-11(17)4-3-5-13(14)24-16/h3-7,10H,8-9H2,1-2H3. The zero-order valence-electron chi connectivity index (χ0n) is 13.3. The van der Waals surface area contributed by atoms with Crippen LogP contribution in [-0.2, 0) is 0 Å². The smallest absolute Gasteiger partial charge is 0.280 e. The van der Waals surface area contributed by atoms with Gasteiger partial charge in [0.25, 0.3) is 5.91 Å². The summed E-state index contributed by atoms with van der Waals surface area (Å²) in [7, 11) is 3.84. The maximum Gasteiger partial charge on any atom is 0.280 e. The maximum absolute atomic E-state index is 13.9. The molecule has 3 rings (SSSR count). The van der Waals surface area contributed by atoms with Gasteiger partial charge < -0.3 is 4.90 Å². The van der Waals surface area contributed by atoms with Gasteiger partial charge in [0.05, 0.1) is 10.9 Å². The summed E-state index contributed by atoms with van der Waals surface area (Å²) >= 11 is 1.28. The van der Waals surface area contributed by atoms with Crippen LogP contribution in [0.1, 0.15) is 10.5 Å². The van der Waals surface area contributed by atoms with Crippen LogP contribution in [0.4, 0.5) is 9.52 Å². The van der Waals surface area contributed by atoms with Crippen molar-refractivity contribution in [2.45, 2.75) is 0 Å². The van der Waals surface area contributed by atoms with E-state index in [1.807, 2.05) is 19.0 Å². The Morgan fingerprint density at radius 1 is 1.25 bits per heavy atom. The predicted octanol–water partition coefficient (Wildman–Crippen LogP) is 2.43. The Labute approximate surface area is 142 Å². The van der Waals surface area contributed by atoms with E-state index in [-0.39, 0.29) is 17.1 Å². The number of hydrogen-bond acceptors (Lipinski definition) is 6. The molecule has 2 heterocycles. The molecule has 0 saturated carbocycles. The number of rotatable bonds is 5.